The Morgan fingerprint density at radius 3 is 3.08 bits per heavy atom. The maximum atomic E-state index is 12.6. The standard InChI is InChI=1S/C17H17N3O3S/c1-11-9-13(19-23-11)14-6-4-8-20(14)16(21)10-24-17-18-12-5-2-3-7-15(12)22-17/h2-3,5,7,9,14H,4,6,8,10H2,1H3/t14-/m1/s1. The number of amides is 1. The van der Waals surface area contributed by atoms with E-state index in [9.17, 15) is 4.79 Å². The van der Waals surface area contributed by atoms with Crippen LogP contribution in [0.4, 0.5) is 0 Å². The molecule has 7 heteroatoms. The van der Waals surface area contributed by atoms with Crippen molar-refractivity contribution in [3.8, 4) is 0 Å². The summed E-state index contributed by atoms with van der Waals surface area (Å²) >= 11 is 1.33. The van der Waals surface area contributed by atoms with Crippen LogP contribution in [0.1, 0.15) is 30.3 Å². The molecule has 0 bridgehead atoms. The summed E-state index contributed by atoms with van der Waals surface area (Å²) in [5.74, 6) is 1.15. The summed E-state index contributed by atoms with van der Waals surface area (Å²) in [6.07, 6.45) is 1.90. The van der Waals surface area contributed by atoms with E-state index in [1.807, 2.05) is 42.2 Å². The number of likely N-dealkylation sites (tertiary alicyclic amines) is 1. The summed E-state index contributed by atoms with van der Waals surface area (Å²) < 4.78 is 10.8. The number of carbonyl (C=O) groups excluding carboxylic acids is 1. The first-order valence-electron chi connectivity index (χ1n) is 7.92. The Bertz CT molecular complexity index is 840. The van der Waals surface area contributed by atoms with E-state index in [0.29, 0.717) is 11.0 Å². The highest BCUT2D eigenvalue weighted by Gasteiger charge is 2.32. The van der Waals surface area contributed by atoms with E-state index in [0.717, 1.165) is 41.9 Å². The number of benzene rings is 1. The smallest absolute Gasteiger partial charge is 0.257 e. The Kier molecular flexibility index (Phi) is 4.02. The molecule has 3 aromatic rings. The van der Waals surface area contributed by atoms with Crippen LogP contribution in [0.25, 0.3) is 11.1 Å². The zero-order valence-electron chi connectivity index (χ0n) is 13.3. The van der Waals surface area contributed by atoms with Crippen molar-refractivity contribution >= 4 is 28.8 Å². The molecule has 0 radical (unpaired) electrons. The Labute approximate surface area is 143 Å². The summed E-state index contributed by atoms with van der Waals surface area (Å²) in [6.45, 7) is 2.62. The van der Waals surface area contributed by atoms with E-state index in [1.54, 1.807) is 0 Å². The van der Waals surface area contributed by atoms with Crippen molar-refractivity contribution in [1.82, 2.24) is 15.0 Å². The van der Waals surface area contributed by atoms with Crippen LogP contribution in [-0.4, -0.2) is 33.2 Å². The largest absolute Gasteiger partial charge is 0.431 e. The molecule has 3 heterocycles. The first kappa shape index (κ1) is 15.3. The van der Waals surface area contributed by atoms with Gasteiger partial charge in [0.25, 0.3) is 5.22 Å². The molecule has 1 aliphatic rings. The van der Waals surface area contributed by atoms with Crippen LogP contribution in [0.3, 0.4) is 0 Å². The van der Waals surface area contributed by atoms with Gasteiger partial charge in [0.1, 0.15) is 17.0 Å². The lowest BCUT2D eigenvalue weighted by Gasteiger charge is -2.22. The fraction of sp³-hybridized carbons (Fsp3) is 0.353. The second kappa shape index (κ2) is 6.32. The minimum absolute atomic E-state index is 0.0131. The number of thioether (sulfide) groups is 1. The van der Waals surface area contributed by atoms with E-state index < -0.39 is 0 Å². The van der Waals surface area contributed by atoms with Crippen molar-refractivity contribution in [2.75, 3.05) is 12.3 Å². The molecular formula is C17H17N3O3S. The first-order chi connectivity index (χ1) is 11.7. The SMILES string of the molecule is Cc1cc([C@H]2CCCN2C(=O)CSc2nc3ccccc3o2)no1. The van der Waals surface area contributed by atoms with Gasteiger partial charge in [-0.15, -0.1) is 0 Å². The van der Waals surface area contributed by atoms with Crippen molar-refractivity contribution in [3.63, 3.8) is 0 Å². The fourth-order valence-corrected chi connectivity index (χ4v) is 3.76. The number of rotatable bonds is 4. The van der Waals surface area contributed by atoms with Gasteiger partial charge in [-0.05, 0) is 31.9 Å². The molecule has 0 spiro atoms. The van der Waals surface area contributed by atoms with Crippen LogP contribution in [0, 0.1) is 6.92 Å². The number of para-hydroxylation sites is 2. The van der Waals surface area contributed by atoms with Gasteiger partial charge in [-0.2, -0.15) is 0 Å². The van der Waals surface area contributed by atoms with E-state index in [2.05, 4.69) is 10.1 Å². The average molecular weight is 343 g/mol. The minimum atomic E-state index is 0.0131. The normalized spacial score (nSPS) is 17.7. The van der Waals surface area contributed by atoms with Gasteiger partial charge in [0.15, 0.2) is 5.58 Å². The zero-order chi connectivity index (χ0) is 16.5. The molecule has 1 amide bonds. The van der Waals surface area contributed by atoms with Crippen molar-refractivity contribution in [3.05, 3.63) is 41.8 Å². The summed E-state index contributed by atoms with van der Waals surface area (Å²) in [6, 6.07) is 9.51. The van der Waals surface area contributed by atoms with Gasteiger partial charge in [0.2, 0.25) is 5.91 Å². The lowest BCUT2D eigenvalue weighted by atomic mass is 10.1. The van der Waals surface area contributed by atoms with Crippen LogP contribution in [0.2, 0.25) is 0 Å². The number of aromatic nitrogens is 2. The van der Waals surface area contributed by atoms with Crippen molar-refractivity contribution in [2.45, 2.75) is 31.0 Å². The highest BCUT2D eigenvalue weighted by atomic mass is 32.2. The van der Waals surface area contributed by atoms with Crippen LogP contribution < -0.4 is 0 Å². The minimum Gasteiger partial charge on any atom is -0.431 e. The van der Waals surface area contributed by atoms with Crippen LogP contribution >= 0.6 is 11.8 Å². The molecule has 4 rings (SSSR count). The highest BCUT2D eigenvalue weighted by Crippen LogP contribution is 2.32. The van der Waals surface area contributed by atoms with E-state index >= 15 is 0 Å². The molecule has 1 saturated heterocycles. The number of oxazole rings is 1. The third kappa shape index (κ3) is 2.91. The molecule has 1 atom stereocenters. The topological polar surface area (TPSA) is 72.4 Å². The maximum absolute atomic E-state index is 12.6. The van der Waals surface area contributed by atoms with Gasteiger partial charge >= 0.3 is 0 Å². The molecule has 0 aliphatic carbocycles. The molecule has 0 unspecified atom stereocenters. The Morgan fingerprint density at radius 2 is 2.29 bits per heavy atom. The summed E-state index contributed by atoms with van der Waals surface area (Å²) in [5.41, 5.74) is 2.39. The molecule has 1 aliphatic heterocycles. The van der Waals surface area contributed by atoms with E-state index in [1.165, 1.54) is 11.8 Å². The number of nitrogens with zero attached hydrogens (tertiary/aromatic N) is 3. The van der Waals surface area contributed by atoms with Crippen LogP contribution in [-0.2, 0) is 4.79 Å². The monoisotopic (exact) mass is 343 g/mol. The van der Waals surface area contributed by atoms with Gasteiger partial charge in [0.05, 0.1) is 11.8 Å². The summed E-state index contributed by atoms with van der Waals surface area (Å²) in [4.78, 5) is 18.9. The maximum Gasteiger partial charge on any atom is 0.257 e. The third-order valence-electron chi connectivity index (χ3n) is 4.15. The Hall–Kier alpha value is -2.28. The Morgan fingerprint density at radius 1 is 1.42 bits per heavy atom. The molecule has 1 aromatic carbocycles. The number of hydrogen-bond donors (Lipinski definition) is 0. The molecule has 6 nitrogen and oxygen atoms in total. The zero-order valence-corrected chi connectivity index (χ0v) is 14.1. The molecule has 0 saturated carbocycles. The predicted octanol–water partition coefficient (Wildman–Crippen LogP) is 3.58. The molecule has 0 N–H and O–H groups in total. The number of hydrogen-bond acceptors (Lipinski definition) is 6. The predicted molar refractivity (Wildman–Crippen MR) is 89.7 cm³/mol. The van der Waals surface area contributed by atoms with E-state index in [-0.39, 0.29) is 11.9 Å². The van der Waals surface area contributed by atoms with Gasteiger partial charge in [-0.3, -0.25) is 4.79 Å². The molecule has 124 valence electrons. The van der Waals surface area contributed by atoms with Gasteiger partial charge in [0, 0.05) is 12.6 Å². The van der Waals surface area contributed by atoms with Crippen LogP contribution in [0.5, 0.6) is 0 Å². The highest BCUT2D eigenvalue weighted by molar-refractivity contribution is 7.99. The van der Waals surface area contributed by atoms with Crippen LogP contribution in [0.15, 0.2) is 44.5 Å². The fourth-order valence-electron chi connectivity index (χ4n) is 3.03. The summed E-state index contributed by atoms with van der Waals surface area (Å²) in [5, 5.41) is 4.60. The number of aryl methyl sites for hydroxylation is 1. The first-order valence-corrected chi connectivity index (χ1v) is 8.90. The van der Waals surface area contributed by atoms with Crippen molar-refractivity contribution in [1.29, 1.82) is 0 Å². The second-order valence-electron chi connectivity index (χ2n) is 5.84. The van der Waals surface area contributed by atoms with Gasteiger partial charge < -0.3 is 13.8 Å². The van der Waals surface area contributed by atoms with E-state index in [4.69, 9.17) is 8.94 Å². The van der Waals surface area contributed by atoms with Crippen molar-refractivity contribution < 1.29 is 13.7 Å². The Balaban J connectivity index is 1.43. The van der Waals surface area contributed by atoms with Crippen molar-refractivity contribution in [2.24, 2.45) is 0 Å². The molecule has 24 heavy (non-hydrogen) atoms. The number of carbonyl (C=O) groups is 1. The lowest BCUT2D eigenvalue weighted by molar-refractivity contribution is -0.129. The average Bonchev–Trinajstić information content (AvgIpc) is 3.30. The molecule has 1 fully saturated rings. The number of fused-ring (bicyclic) bond motifs is 1. The summed E-state index contributed by atoms with van der Waals surface area (Å²) in [7, 11) is 0. The second-order valence-corrected chi connectivity index (χ2v) is 6.77. The lowest BCUT2D eigenvalue weighted by Crippen LogP contribution is -2.32. The van der Waals surface area contributed by atoms with Gasteiger partial charge in [-0.25, -0.2) is 4.98 Å². The van der Waals surface area contributed by atoms with Gasteiger partial charge in [-0.1, -0.05) is 29.1 Å². The molecule has 2 aromatic heterocycles. The third-order valence-corrected chi connectivity index (χ3v) is 4.97. The quantitative estimate of drug-likeness (QED) is 0.674. The molecular weight excluding hydrogens is 326 g/mol.